The molecule has 0 aromatic heterocycles. The molecule has 0 radical (unpaired) electrons. The van der Waals surface area contributed by atoms with Crippen molar-refractivity contribution in [2.45, 2.75) is 0 Å². The summed E-state index contributed by atoms with van der Waals surface area (Å²) in [6.07, 6.45) is 0. The van der Waals surface area contributed by atoms with Gasteiger partial charge in [0.15, 0.2) is 5.11 Å². The smallest absolute Gasteiger partial charge is 0.269 e. The van der Waals surface area contributed by atoms with E-state index in [-0.39, 0.29) is 16.4 Å². The number of ether oxygens (including phenoxy) is 2. The van der Waals surface area contributed by atoms with Crippen LogP contribution in [0.4, 0.5) is 11.4 Å². The number of para-hydroxylation sites is 3. The van der Waals surface area contributed by atoms with E-state index in [9.17, 15) is 14.9 Å². The van der Waals surface area contributed by atoms with Crippen LogP contribution in [0.1, 0.15) is 10.4 Å². The van der Waals surface area contributed by atoms with Crippen LogP contribution in [0.5, 0.6) is 11.5 Å². The number of hydrogen-bond acceptors (Lipinski definition) is 6. The van der Waals surface area contributed by atoms with E-state index in [4.69, 9.17) is 21.7 Å². The molecule has 1 amide bonds. The quantitative estimate of drug-likeness (QED) is 0.236. The lowest BCUT2D eigenvalue weighted by Crippen LogP contribution is -2.34. The van der Waals surface area contributed by atoms with Crippen LogP contribution in [0.25, 0.3) is 0 Å². The van der Waals surface area contributed by atoms with Gasteiger partial charge in [-0.2, -0.15) is 0 Å². The molecule has 0 saturated carbocycles. The van der Waals surface area contributed by atoms with Gasteiger partial charge in [-0.1, -0.05) is 30.3 Å². The van der Waals surface area contributed by atoms with Crippen molar-refractivity contribution in [3.05, 3.63) is 94.5 Å². The first-order valence-electron chi connectivity index (χ1n) is 9.29. The number of thiocarbonyl (C=S) groups is 1. The molecule has 8 nitrogen and oxygen atoms in total. The zero-order valence-electron chi connectivity index (χ0n) is 16.3. The summed E-state index contributed by atoms with van der Waals surface area (Å²) in [5.41, 5.74) is 0.730. The minimum absolute atomic E-state index is 0.0694. The second-order valence-electron chi connectivity index (χ2n) is 6.22. The molecule has 9 heteroatoms. The molecule has 3 aromatic rings. The minimum atomic E-state index is -0.532. The lowest BCUT2D eigenvalue weighted by atomic mass is 10.2. The number of carbonyl (C=O) groups is 1. The summed E-state index contributed by atoms with van der Waals surface area (Å²) in [4.78, 5) is 22.5. The number of anilines is 1. The highest BCUT2D eigenvalue weighted by Crippen LogP contribution is 2.23. The molecule has 0 heterocycles. The average Bonchev–Trinajstić information content (AvgIpc) is 2.78. The predicted molar refractivity (Wildman–Crippen MR) is 121 cm³/mol. The topological polar surface area (TPSA) is 103 Å². The third kappa shape index (κ3) is 6.51. The van der Waals surface area contributed by atoms with Gasteiger partial charge >= 0.3 is 0 Å². The molecule has 0 unspecified atom stereocenters. The zero-order chi connectivity index (χ0) is 22.1. The van der Waals surface area contributed by atoms with E-state index in [1.165, 1.54) is 24.3 Å². The second kappa shape index (κ2) is 10.7. The van der Waals surface area contributed by atoms with Crippen LogP contribution in [0, 0.1) is 10.1 Å². The molecule has 3 rings (SSSR count). The van der Waals surface area contributed by atoms with Gasteiger partial charge in [-0.05, 0) is 48.6 Å². The first-order valence-corrected chi connectivity index (χ1v) is 9.70. The van der Waals surface area contributed by atoms with Crippen molar-refractivity contribution in [1.82, 2.24) is 5.32 Å². The Morgan fingerprint density at radius 3 is 2.26 bits per heavy atom. The van der Waals surface area contributed by atoms with E-state index in [0.717, 1.165) is 5.75 Å². The number of nitrogens with one attached hydrogen (secondary N) is 2. The normalized spacial score (nSPS) is 10.1. The number of amides is 1. The SMILES string of the molecule is O=C(NC(=S)Nc1ccccc1OCCOc1ccccc1)c1ccc([N+](=O)[O-])cc1. The molecule has 31 heavy (non-hydrogen) atoms. The fourth-order valence-corrected chi connectivity index (χ4v) is 2.79. The van der Waals surface area contributed by atoms with Gasteiger partial charge in [-0.3, -0.25) is 20.2 Å². The highest BCUT2D eigenvalue weighted by atomic mass is 32.1. The van der Waals surface area contributed by atoms with Crippen LogP contribution in [0.3, 0.4) is 0 Å². The maximum atomic E-state index is 12.3. The van der Waals surface area contributed by atoms with E-state index in [0.29, 0.717) is 24.7 Å². The van der Waals surface area contributed by atoms with Gasteiger partial charge < -0.3 is 14.8 Å². The summed E-state index contributed by atoms with van der Waals surface area (Å²) < 4.78 is 11.4. The van der Waals surface area contributed by atoms with Crippen LogP contribution in [-0.2, 0) is 0 Å². The Morgan fingerprint density at radius 1 is 0.903 bits per heavy atom. The number of benzene rings is 3. The van der Waals surface area contributed by atoms with Crippen molar-refractivity contribution in [2.24, 2.45) is 0 Å². The van der Waals surface area contributed by atoms with Gasteiger partial charge in [0, 0.05) is 17.7 Å². The van der Waals surface area contributed by atoms with Crippen LogP contribution >= 0.6 is 12.2 Å². The summed E-state index contributed by atoms with van der Waals surface area (Å²) in [7, 11) is 0. The molecule has 0 fully saturated rings. The molecule has 0 saturated heterocycles. The van der Waals surface area contributed by atoms with E-state index in [1.54, 1.807) is 18.2 Å². The summed E-state index contributed by atoms with van der Waals surface area (Å²) in [6.45, 7) is 0.676. The first kappa shape index (κ1) is 21.7. The summed E-state index contributed by atoms with van der Waals surface area (Å²) in [5.74, 6) is 0.820. The largest absolute Gasteiger partial charge is 0.490 e. The van der Waals surface area contributed by atoms with Crippen molar-refractivity contribution < 1.29 is 19.2 Å². The van der Waals surface area contributed by atoms with E-state index in [1.807, 2.05) is 36.4 Å². The van der Waals surface area contributed by atoms with Crippen molar-refractivity contribution in [1.29, 1.82) is 0 Å². The molecule has 3 aromatic carbocycles. The number of hydrogen-bond donors (Lipinski definition) is 2. The van der Waals surface area contributed by atoms with Gasteiger partial charge in [-0.15, -0.1) is 0 Å². The van der Waals surface area contributed by atoms with Crippen molar-refractivity contribution in [3.8, 4) is 11.5 Å². The summed E-state index contributed by atoms with van der Waals surface area (Å²) >= 11 is 5.21. The maximum Gasteiger partial charge on any atom is 0.269 e. The Bertz CT molecular complexity index is 1060. The van der Waals surface area contributed by atoms with E-state index >= 15 is 0 Å². The highest BCUT2D eigenvalue weighted by Gasteiger charge is 2.12. The molecular formula is C22H19N3O5S. The maximum absolute atomic E-state index is 12.3. The Hall–Kier alpha value is -3.98. The summed E-state index contributed by atoms with van der Waals surface area (Å²) in [6, 6.07) is 21.8. The lowest BCUT2D eigenvalue weighted by molar-refractivity contribution is -0.384. The average molecular weight is 437 g/mol. The number of non-ortho nitro benzene ring substituents is 1. The van der Waals surface area contributed by atoms with Gasteiger partial charge in [-0.25, -0.2) is 0 Å². The number of nitro groups is 1. The molecule has 0 spiro atoms. The molecule has 2 N–H and O–H groups in total. The van der Waals surface area contributed by atoms with E-state index in [2.05, 4.69) is 10.6 Å². The predicted octanol–water partition coefficient (Wildman–Crippen LogP) is 4.18. The fraction of sp³-hybridized carbons (Fsp3) is 0.0909. The third-order valence-electron chi connectivity index (χ3n) is 4.06. The van der Waals surface area contributed by atoms with Crippen molar-refractivity contribution in [2.75, 3.05) is 18.5 Å². The van der Waals surface area contributed by atoms with E-state index < -0.39 is 10.8 Å². The molecule has 158 valence electrons. The molecule has 0 aliphatic carbocycles. The molecule has 0 aliphatic heterocycles. The Balaban J connectivity index is 1.52. The van der Waals surface area contributed by atoms with Gasteiger partial charge in [0.1, 0.15) is 24.7 Å². The van der Waals surface area contributed by atoms with Gasteiger partial charge in [0.05, 0.1) is 10.6 Å². The molecule has 0 aliphatic rings. The summed E-state index contributed by atoms with van der Waals surface area (Å²) in [5, 5.41) is 16.3. The zero-order valence-corrected chi connectivity index (χ0v) is 17.1. The fourth-order valence-electron chi connectivity index (χ4n) is 2.59. The molecular weight excluding hydrogens is 418 g/mol. The second-order valence-corrected chi connectivity index (χ2v) is 6.63. The standard InChI is InChI=1S/C22H19N3O5S/c26-21(16-10-12-17(13-11-16)25(27)28)24-22(31)23-19-8-4-5-9-20(19)30-15-14-29-18-6-2-1-3-7-18/h1-13H,14-15H2,(H2,23,24,26,31). The van der Waals surface area contributed by atoms with Crippen LogP contribution in [0.2, 0.25) is 0 Å². The number of nitro benzene ring substituents is 1. The monoisotopic (exact) mass is 437 g/mol. The van der Waals surface area contributed by atoms with Gasteiger partial charge in [0.25, 0.3) is 11.6 Å². The van der Waals surface area contributed by atoms with Crippen molar-refractivity contribution >= 4 is 34.6 Å². The number of rotatable bonds is 8. The highest BCUT2D eigenvalue weighted by molar-refractivity contribution is 7.80. The van der Waals surface area contributed by atoms with Crippen LogP contribution in [0.15, 0.2) is 78.9 Å². The third-order valence-corrected chi connectivity index (χ3v) is 4.26. The Morgan fingerprint density at radius 2 is 1.55 bits per heavy atom. The van der Waals surface area contributed by atoms with Gasteiger partial charge in [0.2, 0.25) is 0 Å². The Labute approximate surface area is 184 Å². The molecule has 0 atom stereocenters. The molecule has 0 bridgehead atoms. The van der Waals surface area contributed by atoms with Crippen LogP contribution in [-0.4, -0.2) is 29.2 Å². The van der Waals surface area contributed by atoms with Crippen LogP contribution < -0.4 is 20.1 Å². The lowest BCUT2D eigenvalue weighted by Gasteiger charge is -2.14. The minimum Gasteiger partial charge on any atom is -0.490 e. The number of carbonyl (C=O) groups excluding carboxylic acids is 1. The number of nitrogens with zero attached hydrogens (tertiary/aromatic N) is 1. The Kier molecular flexibility index (Phi) is 7.50. The first-order chi connectivity index (χ1) is 15.0. The van der Waals surface area contributed by atoms with Crippen molar-refractivity contribution in [3.63, 3.8) is 0 Å².